The molecule has 0 saturated heterocycles. The molecule has 4 rings (SSSR count). The van der Waals surface area contributed by atoms with Gasteiger partial charge in [-0.3, -0.25) is 9.59 Å². The first-order chi connectivity index (χ1) is 16.0. The Morgan fingerprint density at radius 1 is 1.12 bits per heavy atom. The van der Waals surface area contributed by atoms with Gasteiger partial charge in [0.05, 0.1) is 18.0 Å². The van der Waals surface area contributed by atoms with E-state index in [4.69, 9.17) is 4.74 Å². The summed E-state index contributed by atoms with van der Waals surface area (Å²) in [4.78, 5) is 29.1. The third kappa shape index (κ3) is 5.74. The quantitative estimate of drug-likeness (QED) is 0.461. The van der Waals surface area contributed by atoms with Crippen molar-refractivity contribution in [2.75, 3.05) is 13.2 Å². The highest BCUT2D eigenvalue weighted by Crippen LogP contribution is 2.21. The minimum Gasteiger partial charge on any atom is -0.478 e. The van der Waals surface area contributed by atoms with Crippen molar-refractivity contribution >= 4 is 11.8 Å². The Morgan fingerprint density at radius 3 is 2.61 bits per heavy atom. The zero-order valence-electron chi connectivity index (χ0n) is 18.9. The van der Waals surface area contributed by atoms with E-state index in [-0.39, 0.29) is 17.9 Å². The fourth-order valence-electron chi connectivity index (χ4n) is 3.42. The lowest BCUT2D eigenvalue weighted by atomic mass is 10.1. The minimum absolute atomic E-state index is 0.130. The Labute approximate surface area is 192 Å². The van der Waals surface area contributed by atoms with Gasteiger partial charge in [0, 0.05) is 29.9 Å². The first-order valence-electron chi connectivity index (χ1n) is 11.3. The molecular formula is C24H28N6O3. The van der Waals surface area contributed by atoms with Crippen LogP contribution in [-0.4, -0.2) is 51.0 Å². The number of nitrogens with one attached hydrogen (secondary N) is 2. The molecule has 1 aliphatic rings. The van der Waals surface area contributed by atoms with Crippen LogP contribution in [-0.2, 0) is 6.42 Å². The lowest BCUT2D eigenvalue weighted by Crippen LogP contribution is -2.27. The number of pyridine rings is 1. The van der Waals surface area contributed by atoms with E-state index in [9.17, 15) is 9.59 Å². The average molecular weight is 449 g/mol. The van der Waals surface area contributed by atoms with E-state index in [1.165, 1.54) is 0 Å². The van der Waals surface area contributed by atoms with Crippen LogP contribution in [0.2, 0.25) is 0 Å². The molecule has 9 nitrogen and oxygen atoms in total. The number of hydrogen-bond donors (Lipinski definition) is 2. The molecule has 2 N–H and O–H groups in total. The van der Waals surface area contributed by atoms with Gasteiger partial charge in [0.25, 0.3) is 11.8 Å². The van der Waals surface area contributed by atoms with Gasteiger partial charge in [-0.05, 0) is 69.9 Å². The largest absolute Gasteiger partial charge is 0.478 e. The normalized spacial score (nSPS) is 12.9. The van der Waals surface area contributed by atoms with Crippen molar-refractivity contribution in [3.05, 3.63) is 65.1 Å². The number of ether oxygens (including phenoxy) is 1. The van der Waals surface area contributed by atoms with Gasteiger partial charge in [-0.25, -0.2) is 9.67 Å². The molecule has 0 radical (unpaired) electrons. The molecule has 1 aromatic carbocycles. The summed E-state index contributed by atoms with van der Waals surface area (Å²) in [6.45, 7) is 4.80. The molecule has 1 saturated carbocycles. The van der Waals surface area contributed by atoms with Crippen molar-refractivity contribution in [2.45, 2.75) is 45.6 Å². The Morgan fingerprint density at radius 2 is 1.91 bits per heavy atom. The summed E-state index contributed by atoms with van der Waals surface area (Å²) < 4.78 is 7.43. The highest BCUT2D eigenvalue weighted by molar-refractivity contribution is 5.94. The molecule has 1 fully saturated rings. The lowest BCUT2D eigenvalue weighted by Gasteiger charge is -2.10. The maximum Gasteiger partial charge on any atom is 0.273 e. The molecule has 2 amide bonds. The molecule has 0 bridgehead atoms. The highest BCUT2D eigenvalue weighted by atomic mass is 16.5. The summed E-state index contributed by atoms with van der Waals surface area (Å²) in [5.41, 5.74) is 3.22. The van der Waals surface area contributed by atoms with Crippen molar-refractivity contribution in [3.8, 4) is 11.6 Å². The van der Waals surface area contributed by atoms with Gasteiger partial charge in [-0.1, -0.05) is 11.3 Å². The first kappa shape index (κ1) is 22.4. The maximum atomic E-state index is 12.7. The smallest absolute Gasteiger partial charge is 0.273 e. The van der Waals surface area contributed by atoms with E-state index in [0.29, 0.717) is 48.8 Å². The third-order valence-corrected chi connectivity index (χ3v) is 5.27. The van der Waals surface area contributed by atoms with E-state index in [0.717, 1.165) is 24.2 Å². The molecule has 0 atom stereocenters. The van der Waals surface area contributed by atoms with Crippen LogP contribution in [0, 0.1) is 6.92 Å². The molecule has 172 valence electrons. The zero-order chi connectivity index (χ0) is 23.2. The summed E-state index contributed by atoms with van der Waals surface area (Å²) in [7, 11) is 0. The zero-order valence-corrected chi connectivity index (χ0v) is 18.9. The second-order valence-corrected chi connectivity index (χ2v) is 8.02. The molecule has 9 heteroatoms. The van der Waals surface area contributed by atoms with Gasteiger partial charge in [-0.2, -0.15) is 0 Å². The summed E-state index contributed by atoms with van der Waals surface area (Å²) in [5.74, 6) is 0.238. The van der Waals surface area contributed by atoms with Gasteiger partial charge in [0.2, 0.25) is 5.88 Å². The number of aromatic nitrogens is 4. The van der Waals surface area contributed by atoms with E-state index in [2.05, 4.69) is 25.9 Å². The van der Waals surface area contributed by atoms with E-state index >= 15 is 0 Å². The van der Waals surface area contributed by atoms with Crippen LogP contribution >= 0.6 is 0 Å². The standard InChI is InChI=1S/C24H28N6O3/c1-3-25-23(31)17-9-13-19(14-10-17)30-20(22(28-29-30)24(32)27-18-11-12-18)7-5-15-33-21-8-4-6-16(2)26-21/h4,6,8-10,13-14,18H,3,5,7,11-12,15H2,1-2H3,(H,25,31)(H,27,32). The SMILES string of the molecule is CCNC(=O)c1ccc(-n2nnc(C(=O)NC3CC3)c2CCCOc2cccc(C)n2)cc1. The van der Waals surface area contributed by atoms with Gasteiger partial charge in [-0.15, -0.1) is 5.10 Å². The van der Waals surface area contributed by atoms with Crippen molar-refractivity contribution < 1.29 is 14.3 Å². The van der Waals surface area contributed by atoms with Gasteiger partial charge < -0.3 is 15.4 Å². The monoisotopic (exact) mass is 448 g/mol. The Hall–Kier alpha value is -3.75. The maximum absolute atomic E-state index is 12.7. The third-order valence-electron chi connectivity index (χ3n) is 5.27. The van der Waals surface area contributed by atoms with Crippen LogP contribution in [0.3, 0.4) is 0 Å². The number of rotatable bonds is 10. The molecule has 0 unspecified atom stereocenters. The molecule has 3 aromatic rings. The summed E-state index contributed by atoms with van der Waals surface area (Å²) in [6.07, 6.45) is 3.19. The van der Waals surface area contributed by atoms with Crippen molar-refractivity contribution in [1.29, 1.82) is 0 Å². The van der Waals surface area contributed by atoms with Crippen molar-refractivity contribution in [3.63, 3.8) is 0 Å². The predicted octanol–water partition coefficient (Wildman–Crippen LogP) is 2.62. The summed E-state index contributed by atoms with van der Waals surface area (Å²) >= 11 is 0. The number of benzene rings is 1. The Bertz CT molecular complexity index is 1120. The minimum atomic E-state index is -0.209. The number of aryl methyl sites for hydroxylation is 1. The molecule has 2 heterocycles. The molecule has 2 aromatic heterocycles. The number of amides is 2. The van der Waals surface area contributed by atoms with Crippen LogP contribution < -0.4 is 15.4 Å². The summed E-state index contributed by atoms with van der Waals surface area (Å²) in [6, 6.07) is 13.0. The van der Waals surface area contributed by atoms with E-state index in [1.807, 2.05) is 32.0 Å². The molecular weight excluding hydrogens is 420 g/mol. The second-order valence-electron chi connectivity index (χ2n) is 8.02. The Balaban J connectivity index is 1.50. The molecule has 0 spiro atoms. The average Bonchev–Trinajstić information content (AvgIpc) is 3.52. The Kier molecular flexibility index (Phi) is 6.97. The second kappa shape index (κ2) is 10.2. The van der Waals surface area contributed by atoms with Crippen LogP contribution in [0.25, 0.3) is 5.69 Å². The van der Waals surface area contributed by atoms with Crippen molar-refractivity contribution in [1.82, 2.24) is 30.6 Å². The van der Waals surface area contributed by atoms with E-state index in [1.54, 1.807) is 28.9 Å². The number of carbonyl (C=O) groups is 2. The molecule has 0 aliphatic heterocycles. The van der Waals surface area contributed by atoms with Gasteiger partial charge >= 0.3 is 0 Å². The van der Waals surface area contributed by atoms with Crippen LogP contribution in [0.15, 0.2) is 42.5 Å². The highest BCUT2D eigenvalue weighted by Gasteiger charge is 2.27. The first-order valence-corrected chi connectivity index (χ1v) is 11.3. The fraction of sp³-hybridized carbons (Fsp3) is 0.375. The van der Waals surface area contributed by atoms with Crippen LogP contribution in [0.1, 0.15) is 58.4 Å². The summed E-state index contributed by atoms with van der Waals surface area (Å²) in [5, 5.41) is 14.2. The lowest BCUT2D eigenvalue weighted by molar-refractivity contribution is 0.0940. The van der Waals surface area contributed by atoms with Crippen LogP contribution in [0.5, 0.6) is 5.88 Å². The fourth-order valence-corrected chi connectivity index (χ4v) is 3.42. The van der Waals surface area contributed by atoms with Gasteiger partial charge in [0.15, 0.2) is 5.69 Å². The number of carbonyl (C=O) groups excluding carboxylic acids is 2. The topological polar surface area (TPSA) is 111 Å². The molecule has 1 aliphatic carbocycles. The predicted molar refractivity (Wildman–Crippen MR) is 123 cm³/mol. The van der Waals surface area contributed by atoms with Gasteiger partial charge in [0.1, 0.15) is 0 Å². The van der Waals surface area contributed by atoms with Crippen LogP contribution in [0.4, 0.5) is 0 Å². The number of hydrogen-bond acceptors (Lipinski definition) is 6. The van der Waals surface area contributed by atoms with Crippen molar-refractivity contribution in [2.24, 2.45) is 0 Å². The van der Waals surface area contributed by atoms with E-state index < -0.39 is 0 Å². The molecule has 33 heavy (non-hydrogen) atoms. The number of nitrogens with zero attached hydrogens (tertiary/aromatic N) is 4.